The van der Waals surface area contributed by atoms with Crippen LogP contribution >= 0.6 is 0 Å². The van der Waals surface area contributed by atoms with Crippen LogP contribution in [0.1, 0.15) is 18.1 Å². The highest BCUT2D eigenvalue weighted by Crippen LogP contribution is 2.28. The predicted molar refractivity (Wildman–Crippen MR) is 122 cm³/mol. The minimum absolute atomic E-state index is 0.0390. The summed E-state index contributed by atoms with van der Waals surface area (Å²) in [5.74, 6) is 1.30. The lowest BCUT2D eigenvalue weighted by Crippen LogP contribution is -2.32. The van der Waals surface area contributed by atoms with Crippen molar-refractivity contribution in [3.05, 3.63) is 72.4 Å². The van der Waals surface area contributed by atoms with Crippen LogP contribution in [0.25, 0.3) is 11.3 Å². The van der Waals surface area contributed by atoms with E-state index >= 15 is 0 Å². The van der Waals surface area contributed by atoms with Crippen molar-refractivity contribution >= 4 is 5.95 Å². The second-order valence-electron chi connectivity index (χ2n) is 7.68. The molecule has 31 heavy (non-hydrogen) atoms. The van der Waals surface area contributed by atoms with Crippen LogP contribution in [0.2, 0.25) is 0 Å². The zero-order chi connectivity index (χ0) is 21.5. The number of ether oxygens (including phenoxy) is 1. The number of nitrogens with one attached hydrogen (secondary N) is 3. The molecule has 1 aliphatic rings. The quantitative estimate of drug-likeness (QED) is 0.424. The molecule has 4 N–H and O–H groups in total. The van der Waals surface area contributed by atoms with Crippen LogP contribution in [0.5, 0.6) is 5.75 Å². The van der Waals surface area contributed by atoms with Gasteiger partial charge in [0.25, 0.3) is 0 Å². The lowest BCUT2D eigenvalue weighted by atomic mass is 10.1. The molecule has 0 amide bonds. The number of aliphatic hydroxyl groups excluding tert-OH is 1. The first-order valence-electron chi connectivity index (χ1n) is 10.7. The van der Waals surface area contributed by atoms with Crippen LogP contribution in [-0.4, -0.2) is 53.9 Å². The number of hydrogen-bond donors (Lipinski definition) is 4. The first kappa shape index (κ1) is 21.2. The van der Waals surface area contributed by atoms with E-state index in [1.807, 2.05) is 55.6 Å². The first-order chi connectivity index (χ1) is 15.2. The molecule has 0 bridgehead atoms. The molecule has 0 unspecified atom stereocenters. The molecule has 0 radical (unpaired) electrons. The topological polar surface area (TPSA) is 91.3 Å². The third kappa shape index (κ3) is 5.58. The van der Waals surface area contributed by atoms with Gasteiger partial charge in [-0.2, -0.15) is 0 Å². The minimum atomic E-state index is -0.448. The van der Waals surface area contributed by atoms with Crippen molar-refractivity contribution in [1.29, 1.82) is 0 Å². The highest BCUT2D eigenvalue weighted by molar-refractivity contribution is 5.62. The minimum Gasteiger partial charge on any atom is -0.486 e. The Balaban J connectivity index is 1.51. The van der Waals surface area contributed by atoms with Gasteiger partial charge in [0.1, 0.15) is 11.9 Å². The fourth-order valence-electron chi connectivity index (χ4n) is 3.70. The molecular weight excluding hydrogens is 390 g/mol. The SMILES string of the molecule is CNCC[C@H](Oc1cccc(-c2ccnc(N[C@H]3CNC[C@@H]3O)n2)c1)c1ccccc1. The molecule has 162 valence electrons. The summed E-state index contributed by atoms with van der Waals surface area (Å²) in [5, 5.41) is 19.6. The number of β-amino-alcohol motifs (C(OH)–C–C–N with tert-alkyl or cyclic N) is 1. The van der Waals surface area contributed by atoms with E-state index in [1.165, 1.54) is 0 Å². The summed E-state index contributed by atoms with van der Waals surface area (Å²) in [6.45, 7) is 2.13. The molecule has 0 saturated carbocycles. The fourth-order valence-corrected chi connectivity index (χ4v) is 3.70. The molecule has 0 spiro atoms. The van der Waals surface area contributed by atoms with Crippen LogP contribution in [0.3, 0.4) is 0 Å². The third-order valence-electron chi connectivity index (χ3n) is 5.39. The zero-order valence-corrected chi connectivity index (χ0v) is 17.7. The summed E-state index contributed by atoms with van der Waals surface area (Å²) in [6, 6.07) is 20.0. The van der Waals surface area contributed by atoms with Crippen molar-refractivity contribution in [3.8, 4) is 17.0 Å². The average Bonchev–Trinajstić information content (AvgIpc) is 3.22. The van der Waals surface area contributed by atoms with Gasteiger partial charge in [0.2, 0.25) is 5.95 Å². The Morgan fingerprint density at radius 1 is 1.13 bits per heavy atom. The molecule has 2 aromatic carbocycles. The van der Waals surface area contributed by atoms with Crippen molar-refractivity contribution in [1.82, 2.24) is 20.6 Å². The summed E-state index contributed by atoms with van der Waals surface area (Å²) in [7, 11) is 1.95. The summed E-state index contributed by atoms with van der Waals surface area (Å²) in [5.41, 5.74) is 2.91. The largest absolute Gasteiger partial charge is 0.486 e. The standard InChI is InChI=1S/C24H29N5O2/c1-25-12-11-23(17-6-3-2-4-7-17)31-19-9-5-8-18(14-19)20-10-13-27-24(28-20)29-21-15-26-16-22(21)30/h2-10,13-14,21-23,25-26,30H,11-12,15-16H2,1H3,(H,27,28,29)/t21-,22-,23-/m0/s1. The number of anilines is 1. The number of aliphatic hydroxyl groups is 1. The van der Waals surface area contributed by atoms with Crippen LogP contribution < -0.4 is 20.7 Å². The second kappa shape index (κ2) is 10.3. The van der Waals surface area contributed by atoms with Gasteiger partial charge in [0.05, 0.1) is 17.8 Å². The smallest absolute Gasteiger partial charge is 0.223 e. The van der Waals surface area contributed by atoms with Gasteiger partial charge in [-0.25, -0.2) is 9.97 Å². The van der Waals surface area contributed by atoms with E-state index in [9.17, 15) is 5.11 Å². The molecule has 0 aliphatic carbocycles. The van der Waals surface area contributed by atoms with Crippen LogP contribution in [0, 0.1) is 0 Å². The van der Waals surface area contributed by atoms with Crippen molar-refractivity contribution in [2.45, 2.75) is 24.7 Å². The maximum Gasteiger partial charge on any atom is 0.223 e. The molecule has 7 nitrogen and oxygen atoms in total. The molecule has 4 rings (SSSR count). The van der Waals surface area contributed by atoms with E-state index in [-0.39, 0.29) is 12.1 Å². The summed E-state index contributed by atoms with van der Waals surface area (Å²) in [4.78, 5) is 8.95. The monoisotopic (exact) mass is 419 g/mol. The van der Waals surface area contributed by atoms with Crippen LogP contribution in [0.4, 0.5) is 5.95 Å². The van der Waals surface area contributed by atoms with E-state index in [0.717, 1.165) is 35.5 Å². The summed E-state index contributed by atoms with van der Waals surface area (Å²) >= 11 is 0. The number of rotatable bonds is 9. The number of nitrogens with zero attached hydrogens (tertiary/aromatic N) is 2. The van der Waals surface area contributed by atoms with Gasteiger partial charge < -0.3 is 25.8 Å². The zero-order valence-electron chi connectivity index (χ0n) is 17.7. The predicted octanol–water partition coefficient (Wildman–Crippen LogP) is 2.62. The fraction of sp³-hybridized carbons (Fsp3) is 0.333. The van der Waals surface area contributed by atoms with Crippen molar-refractivity contribution in [2.24, 2.45) is 0 Å². The van der Waals surface area contributed by atoms with Crippen LogP contribution in [-0.2, 0) is 0 Å². The van der Waals surface area contributed by atoms with Gasteiger partial charge in [-0.3, -0.25) is 0 Å². The van der Waals surface area contributed by atoms with Crippen molar-refractivity contribution in [3.63, 3.8) is 0 Å². The first-order valence-corrected chi connectivity index (χ1v) is 10.7. The normalized spacial score (nSPS) is 19.2. The van der Waals surface area contributed by atoms with Crippen molar-refractivity contribution < 1.29 is 9.84 Å². The summed E-state index contributed by atoms with van der Waals surface area (Å²) < 4.78 is 6.38. The molecule has 1 saturated heterocycles. The van der Waals surface area contributed by atoms with Gasteiger partial charge >= 0.3 is 0 Å². The second-order valence-corrected chi connectivity index (χ2v) is 7.68. The average molecular weight is 420 g/mol. The Morgan fingerprint density at radius 2 is 2.00 bits per heavy atom. The Labute approximate surface area is 182 Å². The van der Waals surface area contributed by atoms with E-state index in [2.05, 4.69) is 38.1 Å². The molecule has 1 aliphatic heterocycles. The van der Waals surface area contributed by atoms with Crippen molar-refractivity contribution in [2.75, 3.05) is 32.0 Å². The Hall–Kier alpha value is -3.00. The van der Waals surface area contributed by atoms with Gasteiger partial charge in [-0.05, 0) is 37.4 Å². The van der Waals surface area contributed by atoms with Gasteiger partial charge in [0, 0.05) is 31.3 Å². The van der Waals surface area contributed by atoms with Gasteiger partial charge in [0.15, 0.2) is 0 Å². The van der Waals surface area contributed by atoms with E-state index in [0.29, 0.717) is 19.0 Å². The Morgan fingerprint density at radius 3 is 2.77 bits per heavy atom. The lowest BCUT2D eigenvalue weighted by molar-refractivity contribution is 0.185. The van der Waals surface area contributed by atoms with E-state index in [4.69, 9.17) is 4.74 Å². The molecule has 3 atom stereocenters. The van der Waals surface area contributed by atoms with Gasteiger partial charge in [-0.15, -0.1) is 0 Å². The molecule has 3 aromatic rings. The highest BCUT2D eigenvalue weighted by Gasteiger charge is 2.25. The molecule has 7 heteroatoms. The summed E-state index contributed by atoms with van der Waals surface area (Å²) in [6.07, 6.45) is 2.11. The van der Waals surface area contributed by atoms with E-state index < -0.39 is 6.10 Å². The van der Waals surface area contributed by atoms with Crippen LogP contribution in [0.15, 0.2) is 66.9 Å². The number of aromatic nitrogens is 2. The number of hydrogen-bond acceptors (Lipinski definition) is 7. The Kier molecular flexibility index (Phi) is 7.09. The number of benzene rings is 2. The Bertz CT molecular complexity index is 969. The molecule has 1 fully saturated rings. The molecular formula is C24H29N5O2. The molecule has 2 heterocycles. The maximum atomic E-state index is 10.0. The van der Waals surface area contributed by atoms with Gasteiger partial charge in [-0.1, -0.05) is 42.5 Å². The molecule has 1 aromatic heterocycles. The third-order valence-corrected chi connectivity index (χ3v) is 5.39. The lowest BCUT2D eigenvalue weighted by Gasteiger charge is -2.20. The van der Waals surface area contributed by atoms with E-state index in [1.54, 1.807) is 6.20 Å². The highest BCUT2D eigenvalue weighted by atomic mass is 16.5. The maximum absolute atomic E-state index is 10.0.